The van der Waals surface area contributed by atoms with Crippen molar-refractivity contribution in [3.8, 4) is 11.3 Å². The van der Waals surface area contributed by atoms with E-state index < -0.39 is 0 Å². The van der Waals surface area contributed by atoms with E-state index in [4.69, 9.17) is 5.73 Å². The van der Waals surface area contributed by atoms with Gasteiger partial charge in [0.2, 0.25) is 0 Å². The Morgan fingerprint density at radius 1 is 1.25 bits per heavy atom. The Labute approximate surface area is 97.2 Å². The number of nitrogen functional groups attached to an aromatic ring is 1. The molecule has 2 N–H and O–H groups in total. The van der Waals surface area contributed by atoms with Gasteiger partial charge >= 0.3 is 0 Å². The average Bonchev–Trinajstić information content (AvgIpc) is 2.84. The fourth-order valence-corrected chi connectivity index (χ4v) is 2.45. The molecule has 3 nitrogen and oxygen atoms in total. The summed E-state index contributed by atoms with van der Waals surface area (Å²) in [6, 6.07) is 8.25. The number of hydrogen-bond acceptors (Lipinski definition) is 3. The SMILES string of the molecule is Cc1ccc(-c2nc3sccn3c2N)cc1. The molecule has 0 saturated heterocycles. The van der Waals surface area contributed by atoms with Crippen LogP contribution in [0.3, 0.4) is 0 Å². The summed E-state index contributed by atoms with van der Waals surface area (Å²) in [6.07, 6.45) is 1.94. The third kappa shape index (κ3) is 1.31. The van der Waals surface area contributed by atoms with Gasteiger partial charge in [-0.2, -0.15) is 0 Å². The van der Waals surface area contributed by atoms with Gasteiger partial charge < -0.3 is 5.73 Å². The van der Waals surface area contributed by atoms with Gasteiger partial charge in [-0.1, -0.05) is 29.8 Å². The maximum atomic E-state index is 6.06. The molecule has 0 radical (unpaired) electrons. The molecule has 2 heterocycles. The molecule has 0 saturated carbocycles. The van der Waals surface area contributed by atoms with Gasteiger partial charge in [-0.15, -0.1) is 11.3 Å². The average molecular weight is 229 g/mol. The molecule has 0 aliphatic carbocycles. The van der Waals surface area contributed by atoms with E-state index in [0.29, 0.717) is 5.82 Å². The Morgan fingerprint density at radius 3 is 2.69 bits per heavy atom. The van der Waals surface area contributed by atoms with E-state index in [1.165, 1.54) is 5.56 Å². The fraction of sp³-hybridized carbons (Fsp3) is 0.0833. The monoisotopic (exact) mass is 229 g/mol. The molecule has 1 aromatic carbocycles. The Bertz CT molecular complexity index is 634. The molecule has 4 heteroatoms. The third-order valence-electron chi connectivity index (χ3n) is 2.62. The number of benzene rings is 1. The first kappa shape index (κ1) is 9.42. The van der Waals surface area contributed by atoms with Gasteiger partial charge in [0.05, 0.1) is 0 Å². The van der Waals surface area contributed by atoms with Crippen LogP contribution in [0.15, 0.2) is 35.8 Å². The number of imidazole rings is 1. The maximum absolute atomic E-state index is 6.06. The van der Waals surface area contributed by atoms with Gasteiger partial charge in [0.25, 0.3) is 0 Å². The van der Waals surface area contributed by atoms with E-state index in [-0.39, 0.29) is 0 Å². The van der Waals surface area contributed by atoms with Crippen molar-refractivity contribution in [2.24, 2.45) is 0 Å². The van der Waals surface area contributed by atoms with Crippen molar-refractivity contribution in [3.63, 3.8) is 0 Å². The van der Waals surface area contributed by atoms with Crippen LogP contribution in [0.4, 0.5) is 5.82 Å². The number of aryl methyl sites for hydroxylation is 1. The second kappa shape index (κ2) is 3.35. The van der Waals surface area contributed by atoms with Crippen LogP contribution < -0.4 is 5.73 Å². The van der Waals surface area contributed by atoms with E-state index in [9.17, 15) is 0 Å². The van der Waals surface area contributed by atoms with Crippen molar-refractivity contribution in [1.82, 2.24) is 9.38 Å². The normalized spacial score (nSPS) is 11.1. The zero-order valence-corrected chi connectivity index (χ0v) is 9.66. The number of thiazole rings is 1. The standard InChI is InChI=1S/C12H11N3S/c1-8-2-4-9(5-3-8)10-11(13)15-6-7-16-12(15)14-10/h2-7H,13H2,1H3. The number of hydrogen-bond donors (Lipinski definition) is 1. The van der Waals surface area contributed by atoms with Crippen LogP contribution in [0.5, 0.6) is 0 Å². The van der Waals surface area contributed by atoms with Gasteiger partial charge in [0.1, 0.15) is 11.5 Å². The molecule has 0 unspecified atom stereocenters. The Kier molecular flexibility index (Phi) is 1.97. The van der Waals surface area contributed by atoms with Crippen LogP contribution >= 0.6 is 11.3 Å². The number of aromatic nitrogens is 2. The zero-order valence-electron chi connectivity index (χ0n) is 8.84. The quantitative estimate of drug-likeness (QED) is 0.697. The van der Waals surface area contributed by atoms with Gasteiger partial charge in [-0.3, -0.25) is 4.40 Å². The largest absolute Gasteiger partial charge is 0.383 e. The molecule has 2 aromatic heterocycles. The Balaban J connectivity index is 2.21. The molecule has 0 spiro atoms. The fourth-order valence-electron chi connectivity index (χ4n) is 1.73. The second-order valence-corrected chi connectivity index (χ2v) is 4.64. The van der Waals surface area contributed by atoms with Crippen molar-refractivity contribution in [2.45, 2.75) is 6.92 Å². The summed E-state index contributed by atoms with van der Waals surface area (Å²) in [5.41, 5.74) is 9.24. The van der Waals surface area contributed by atoms with Crippen LogP contribution in [0.25, 0.3) is 16.2 Å². The van der Waals surface area contributed by atoms with E-state index in [1.54, 1.807) is 11.3 Å². The topological polar surface area (TPSA) is 43.3 Å². The van der Waals surface area contributed by atoms with Crippen molar-refractivity contribution >= 4 is 22.1 Å². The zero-order chi connectivity index (χ0) is 11.1. The molecule has 80 valence electrons. The number of nitrogens with two attached hydrogens (primary N) is 1. The van der Waals surface area contributed by atoms with Gasteiger partial charge in [0, 0.05) is 17.1 Å². The highest BCUT2D eigenvalue weighted by molar-refractivity contribution is 7.15. The highest BCUT2D eigenvalue weighted by Crippen LogP contribution is 2.28. The number of nitrogens with zero attached hydrogens (tertiary/aromatic N) is 2. The van der Waals surface area contributed by atoms with E-state index in [0.717, 1.165) is 16.2 Å². The lowest BCUT2D eigenvalue weighted by Gasteiger charge is -1.99. The second-order valence-electron chi connectivity index (χ2n) is 3.77. The van der Waals surface area contributed by atoms with E-state index >= 15 is 0 Å². The molecule has 3 rings (SSSR count). The summed E-state index contributed by atoms with van der Waals surface area (Å²) in [4.78, 5) is 5.47. The molecule has 0 amide bonds. The first-order chi connectivity index (χ1) is 7.75. The van der Waals surface area contributed by atoms with Crippen molar-refractivity contribution in [2.75, 3.05) is 5.73 Å². The first-order valence-electron chi connectivity index (χ1n) is 5.04. The maximum Gasteiger partial charge on any atom is 0.195 e. The molecule has 16 heavy (non-hydrogen) atoms. The summed E-state index contributed by atoms with van der Waals surface area (Å²) in [5, 5.41) is 1.98. The Morgan fingerprint density at radius 2 is 2.00 bits per heavy atom. The van der Waals surface area contributed by atoms with Crippen molar-refractivity contribution in [3.05, 3.63) is 41.4 Å². The van der Waals surface area contributed by atoms with Crippen molar-refractivity contribution in [1.29, 1.82) is 0 Å². The predicted octanol–water partition coefficient (Wildman–Crippen LogP) is 2.95. The molecule has 0 bridgehead atoms. The Hall–Kier alpha value is -1.81. The van der Waals surface area contributed by atoms with Crippen LogP contribution in [0, 0.1) is 6.92 Å². The van der Waals surface area contributed by atoms with Crippen LogP contribution in [-0.2, 0) is 0 Å². The minimum absolute atomic E-state index is 0.708. The molecular weight excluding hydrogens is 218 g/mol. The molecule has 0 aliphatic heterocycles. The smallest absolute Gasteiger partial charge is 0.195 e. The summed E-state index contributed by atoms with van der Waals surface area (Å²) >= 11 is 1.59. The number of anilines is 1. The molecule has 0 aliphatic rings. The van der Waals surface area contributed by atoms with E-state index in [1.807, 2.05) is 16.0 Å². The minimum Gasteiger partial charge on any atom is -0.383 e. The summed E-state index contributed by atoms with van der Waals surface area (Å²) in [6.45, 7) is 2.07. The molecular formula is C12H11N3S. The summed E-state index contributed by atoms with van der Waals surface area (Å²) < 4.78 is 1.92. The number of fused-ring (bicyclic) bond motifs is 1. The van der Waals surface area contributed by atoms with Gasteiger partial charge in [0.15, 0.2) is 4.96 Å². The summed E-state index contributed by atoms with van der Waals surface area (Å²) in [7, 11) is 0. The lowest BCUT2D eigenvalue weighted by molar-refractivity contribution is 1.24. The van der Waals surface area contributed by atoms with Gasteiger partial charge in [-0.25, -0.2) is 4.98 Å². The van der Waals surface area contributed by atoms with Crippen LogP contribution in [0.1, 0.15) is 5.56 Å². The number of rotatable bonds is 1. The van der Waals surface area contributed by atoms with E-state index in [2.05, 4.69) is 36.2 Å². The lowest BCUT2D eigenvalue weighted by Crippen LogP contribution is -1.92. The highest BCUT2D eigenvalue weighted by Gasteiger charge is 2.11. The predicted molar refractivity (Wildman–Crippen MR) is 67.7 cm³/mol. The lowest BCUT2D eigenvalue weighted by atomic mass is 10.1. The molecule has 0 fully saturated rings. The van der Waals surface area contributed by atoms with Crippen molar-refractivity contribution < 1.29 is 0 Å². The first-order valence-corrected chi connectivity index (χ1v) is 5.92. The molecule has 0 atom stereocenters. The highest BCUT2D eigenvalue weighted by atomic mass is 32.1. The minimum atomic E-state index is 0.708. The molecule has 3 aromatic rings. The van der Waals surface area contributed by atoms with Gasteiger partial charge in [-0.05, 0) is 6.92 Å². The third-order valence-corrected chi connectivity index (χ3v) is 3.38. The summed E-state index contributed by atoms with van der Waals surface area (Å²) in [5.74, 6) is 0.708. The van der Waals surface area contributed by atoms with Crippen LogP contribution in [-0.4, -0.2) is 9.38 Å². The van der Waals surface area contributed by atoms with Crippen LogP contribution in [0.2, 0.25) is 0 Å².